The average molecular weight is 242 g/mol. The molecule has 3 heteroatoms. The van der Waals surface area contributed by atoms with Crippen molar-refractivity contribution in [3.05, 3.63) is 0 Å². The first-order chi connectivity index (χ1) is 7.57. The average Bonchev–Trinajstić information content (AvgIpc) is 3.06. The Morgan fingerprint density at radius 2 is 2.19 bits per heavy atom. The highest BCUT2D eigenvalue weighted by Gasteiger charge is 2.45. The summed E-state index contributed by atoms with van der Waals surface area (Å²) < 4.78 is 0. The first-order valence-corrected chi connectivity index (χ1v) is 7.96. The molecule has 1 saturated carbocycles. The molecule has 1 aliphatic heterocycles. The van der Waals surface area contributed by atoms with E-state index in [1.165, 1.54) is 25.1 Å². The van der Waals surface area contributed by atoms with Gasteiger partial charge in [-0.15, -0.1) is 0 Å². The van der Waals surface area contributed by atoms with Gasteiger partial charge in [0.1, 0.15) is 0 Å². The van der Waals surface area contributed by atoms with Crippen LogP contribution in [0.1, 0.15) is 33.6 Å². The number of piperazine rings is 1. The number of nitrogens with one attached hydrogen (secondary N) is 1. The lowest BCUT2D eigenvalue weighted by Crippen LogP contribution is -2.65. The van der Waals surface area contributed by atoms with Crippen LogP contribution in [0.25, 0.3) is 0 Å². The number of hydrogen-bond acceptors (Lipinski definition) is 3. The zero-order valence-corrected chi connectivity index (χ0v) is 11.9. The van der Waals surface area contributed by atoms with Crippen molar-refractivity contribution in [2.75, 3.05) is 25.1 Å². The fourth-order valence-electron chi connectivity index (χ4n) is 3.01. The normalized spacial score (nSPS) is 38.6. The fraction of sp³-hybridized carbons (Fsp3) is 1.00. The van der Waals surface area contributed by atoms with E-state index in [1.807, 2.05) is 11.8 Å². The molecular weight excluding hydrogens is 216 g/mol. The molecule has 0 aromatic carbocycles. The van der Waals surface area contributed by atoms with E-state index in [0.29, 0.717) is 17.6 Å². The molecule has 2 nitrogen and oxygen atoms in total. The minimum Gasteiger partial charge on any atom is -0.308 e. The maximum atomic E-state index is 3.79. The van der Waals surface area contributed by atoms with E-state index >= 15 is 0 Å². The number of hydrogen-bond donors (Lipinski definition) is 1. The number of thioether (sulfide) groups is 1. The van der Waals surface area contributed by atoms with Crippen LogP contribution < -0.4 is 5.32 Å². The van der Waals surface area contributed by atoms with Crippen LogP contribution in [0.4, 0.5) is 0 Å². The Hall–Kier alpha value is 0.270. The highest BCUT2D eigenvalue weighted by atomic mass is 32.2. The van der Waals surface area contributed by atoms with Gasteiger partial charge in [-0.25, -0.2) is 0 Å². The van der Waals surface area contributed by atoms with Gasteiger partial charge in [-0.1, -0.05) is 0 Å². The van der Waals surface area contributed by atoms with Gasteiger partial charge in [-0.05, 0) is 45.8 Å². The summed E-state index contributed by atoms with van der Waals surface area (Å²) in [6.07, 6.45) is 5.08. The van der Waals surface area contributed by atoms with Gasteiger partial charge < -0.3 is 5.32 Å². The molecule has 16 heavy (non-hydrogen) atoms. The molecular formula is C13H26N2S. The van der Waals surface area contributed by atoms with Crippen molar-refractivity contribution in [2.24, 2.45) is 5.92 Å². The summed E-state index contributed by atoms with van der Waals surface area (Å²) in [5, 5.41) is 3.79. The summed E-state index contributed by atoms with van der Waals surface area (Å²) in [6, 6.07) is 1.40. The summed E-state index contributed by atoms with van der Waals surface area (Å²) >= 11 is 1.97. The van der Waals surface area contributed by atoms with E-state index in [9.17, 15) is 0 Å². The van der Waals surface area contributed by atoms with Crippen LogP contribution >= 0.6 is 11.8 Å². The summed E-state index contributed by atoms with van der Waals surface area (Å²) in [5.74, 6) is 2.19. The smallest absolute Gasteiger partial charge is 0.0309 e. The maximum Gasteiger partial charge on any atom is 0.0309 e. The molecule has 1 aliphatic carbocycles. The SMILES string of the molecule is CSCC(C)N1CC(C)(C2CC2)NCC1C. The molecule has 0 spiro atoms. The molecule has 1 heterocycles. The summed E-state index contributed by atoms with van der Waals surface area (Å²) in [4.78, 5) is 2.71. The zero-order valence-electron chi connectivity index (χ0n) is 11.1. The molecule has 0 radical (unpaired) electrons. The summed E-state index contributed by atoms with van der Waals surface area (Å²) in [5.41, 5.74) is 0.388. The van der Waals surface area contributed by atoms with Crippen LogP contribution in [0, 0.1) is 5.92 Å². The topological polar surface area (TPSA) is 15.3 Å². The third-order valence-corrected chi connectivity index (χ3v) is 5.15. The summed E-state index contributed by atoms with van der Waals surface area (Å²) in [7, 11) is 0. The minimum absolute atomic E-state index is 0.388. The van der Waals surface area contributed by atoms with Gasteiger partial charge >= 0.3 is 0 Å². The van der Waals surface area contributed by atoms with Crippen LogP contribution in [-0.4, -0.2) is 47.6 Å². The van der Waals surface area contributed by atoms with Crippen LogP contribution in [0.3, 0.4) is 0 Å². The second kappa shape index (κ2) is 4.87. The van der Waals surface area contributed by atoms with Crippen LogP contribution in [0.2, 0.25) is 0 Å². The van der Waals surface area contributed by atoms with Crippen molar-refractivity contribution in [2.45, 2.75) is 51.2 Å². The standard InChI is InChI=1S/C13H26N2S/c1-10-7-14-13(3,12-5-6-12)9-15(10)11(2)8-16-4/h10-12,14H,5-9H2,1-4H3. The number of rotatable bonds is 4. The van der Waals surface area contributed by atoms with Gasteiger partial charge in [0.15, 0.2) is 0 Å². The quantitative estimate of drug-likeness (QED) is 0.813. The zero-order chi connectivity index (χ0) is 11.8. The Morgan fingerprint density at radius 1 is 1.50 bits per heavy atom. The first kappa shape index (κ1) is 12.7. The predicted molar refractivity (Wildman–Crippen MR) is 73.1 cm³/mol. The van der Waals surface area contributed by atoms with Crippen molar-refractivity contribution >= 4 is 11.8 Å². The second-order valence-corrected chi connectivity index (χ2v) is 6.81. The molecule has 0 amide bonds. The Kier molecular flexibility index (Phi) is 3.87. The van der Waals surface area contributed by atoms with E-state index in [4.69, 9.17) is 0 Å². The van der Waals surface area contributed by atoms with Crippen molar-refractivity contribution < 1.29 is 0 Å². The highest BCUT2D eigenvalue weighted by Crippen LogP contribution is 2.41. The molecule has 94 valence electrons. The molecule has 2 fully saturated rings. The van der Waals surface area contributed by atoms with E-state index in [2.05, 4.69) is 37.2 Å². The third kappa shape index (κ3) is 2.57. The molecule has 2 aliphatic rings. The van der Waals surface area contributed by atoms with Crippen LogP contribution in [0.15, 0.2) is 0 Å². The van der Waals surface area contributed by atoms with E-state index < -0.39 is 0 Å². The molecule has 3 unspecified atom stereocenters. The van der Waals surface area contributed by atoms with Gasteiger partial charge in [0.2, 0.25) is 0 Å². The Balaban J connectivity index is 1.99. The monoisotopic (exact) mass is 242 g/mol. The Bertz CT molecular complexity index is 242. The third-order valence-electron chi connectivity index (χ3n) is 4.33. The van der Waals surface area contributed by atoms with Gasteiger partial charge in [0.25, 0.3) is 0 Å². The molecule has 0 aromatic heterocycles. The van der Waals surface area contributed by atoms with Crippen molar-refractivity contribution in [1.29, 1.82) is 0 Å². The van der Waals surface area contributed by atoms with E-state index in [-0.39, 0.29) is 0 Å². The lowest BCUT2D eigenvalue weighted by atomic mass is 9.90. The van der Waals surface area contributed by atoms with Crippen molar-refractivity contribution in [3.63, 3.8) is 0 Å². The Morgan fingerprint density at radius 3 is 2.75 bits per heavy atom. The molecule has 0 aromatic rings. The predicted octanol–water partition coefficient (Wildman–Crippen LogP) is 2.20. The molecule has 2 rings (SSSR count). The number of nitrogens with zero attached hydrogens (tertiary/aromatic N) is 1. The first-order valence-electron chi connectivity index (χ1n) is 6.56. The van der Waals surface area contributed by atoms with Gasteiger partial charge in [0.05, 0.1) is 0 Å². The van der Waals surface area contributed by atoms with Gasteiger partial charge in [0, 0.05) is 36.5 Å². The van der Waals surface area contributed by atoms with Gasteiger partial charge in [-0.2, -0.15) is 11.8 Å². The lowest BCUT2D eigenvalue weighted by Gasteiger charge is -2.48. The highest BCUT2D eigenvalue weighted by molar-refractivity contribution is 7.98. The maximum absolute atomic E-state index is 3.79. The van der Waals surface area contributed by atoms with Crippen molar-refractivity contribution in [1.82, 2.24) is 10.2 Å². The fourth-order valence-corrected chi connectivity index (χ4v) is 3.68. The van der Waals surface area contributed by atoms with E-state index in [0.717, 1.165) is 12.5 Å². The molecule has 1 saturated heterocycles. The summed E-state index contributed by atoms with van der Waals surface area (Å²) in [6.45, 7) is 9.56. The molecule has 3 atom stereocenters. The second-order valence-electron chi connectivity index (χ2n) is 5.90. The molecule has 1 N–H and O–H groups in total. The van der Waals surface area contributed by atoms with Crippen LogP contribution in [-0.2, 0) is 0 Å². The minimum atomic E-state index is 0.388. The molecule has 0 bridgehead atoms. The van der Waals surface area contributed by atoms with Gasteiger partial charge in [-0.3, -0.25) is 4.90 Å². The van der Waals surface area contributed by atoms with Crippen LogP contribution in [0.5, 0.6) is 0 Å². The largest absolute Gasteiger partial charge is 0.308 e. The van der Waals surface area contributed by atoms with Crippen molar-refractivity contribution in [3.8, 4) is 0 Å². The van der Waals surface area contributed by atoms with E-state index in [1.54, 1.807) is 0 Å². The lowest BCUT2D eigenvalue weighted by molar-refractivity contribution is 0.0597. The Labute approximate surface area is 105 Å².